The second-order valence-corrected chi connectivity index (χ2v) is 1.96. The Hall–Kier alpha value is -1.53. The number of ether oxygens (including phenoxy) is 2. The quantitative estimate of drug-likeness (QED) is 0.200. The Morgan fingerprint density at radius 1 is 0.556 bits per heavy atom. The molecule has 0 aliphatic rings. The number of carboxylic acid groups (broad SMARTS) is 2. The van der Waals surface area contributed by atoms with Crippen LogP contribution in [-0.4, -0.2) is 46.0 Å². The SMILES string of the molecule is O=C(O)C(=O)OC(=O)C(=O)OC(=O)C(=O)O.[Zn].[Zn]. The number of carbonyl (C=O) groups is 6. The maximum Gasteiger partial charge on any atom is 0.426 e. The Morgan fingerprint density at radius 2 is 0.778 bits per heavy atom. The van der Waals surface area contributed by atoms with Crippen molar-refractivity contribution in [3.05, 3.63) is 0 Å². The molecule has 0 spiro atoms. The maximum absolute atomic E-state index is 10.5. The van der Waals surface area contributed by atoms with Gasteiger partial charge in [0.25, 0.3) is 0 Å². The molecule has 0 aromatic carbocycles. The zero-order chi connectivity index (χ0) is 12.9. The average molecular weight is 365 g/mol. The monoisotopic (exact) mass is 362 g/mol. The fourth-order valence-electron chi connectivity index (χ4n) is 0.339. The van der Waals surface area contributed by atoms with Gasteiger partial charge in [-0.25, -0.2) is 28.8 Å². The zero-order valence-corrected chi connectivity index (χ0v) is 14.5. The molecule has 18 heavy (non-hydrogen) atoms. The number of carboxylic acids is 2. The van der Waals surface area contributed by atoms with Crippen molar-refractivity contribution in [1.82, 2.24) is 0 Å². The van der Waals surface area contributed by atoms with Crippen LogP contribution in [0, 0.1) is 0 Å². The molecule has 0 bridgehead atoms. The normalized spacial score (nSPS) is 7.78. The molecule has 2 N–H and O–H groups in total. The molecule has 0 saturated carbocycles. The Balaban J connectivity index is -0.00000112. The molecule has 10 nitrogen and oxygen atoms in total. The minimum absolute atomic E-state index is 0. The van der Waals surface area contributed by atoms with E-state index in [-0.39, 0.29) is 39.0 Å². The van der Waals surface area contributed by atoms with Crippen LogP contribution in [0.25, 0.3) is 0 Å². The fraction of sp³-hybridized carbons (Fsp3) is 0. The van der Waals surface area contributed by atoms with Gasteiger partial charge in [-0.3, -0.25) is 0 Å². The van der Waals surface area contributed by atoms with Gasteiger partial charge in [0, 0.05) is 39.0 Å². The van der Waals surface area contributed by atoms with Crippen molar-refractivity contribution in [2.45, 2.75) is 0 Å². The molecule has 0 unspecified atom stereocenters. The van der Waals surface area contributed by atoms with Crippen molar-refractivity contribution in [3.8, 4) is 0 Å². The van der Waals surface area contributed by atoms with E-state index in [1.807, 2.05) is 0 Å². The van der Waals surface area contributed by atoms with E-state index in [9.17, 15) is 28.8 Å². The third-order valence-electron chi connectivity index (χ3n) is 0.887. The molecular weight excluding hydrogens is 363 g/mol. The third kappa shape index (κ3) is 7.69. The van der Waals surface area contributed by atoms with E-state index in [1.165, 1.54) is 0 Å². The Labute approximate surface area is 123 Å². The van der Waals surface area contributed by atoms with Crippen LogP contribution in [0.1, 0.15) is 0 Å². The average Bonchev–Trinajstić information content (AvgIpc) is 2.16. The van der Waals surface area contributed by atoms with E-state index in [4.69, 9.17) is 10.2 Å². The minimum atomic E-state index is -2.16. The summed E-state index contributed by atoms with van der Waals surface area (Å²) in [6.45, 7) is 0. The molecule has 0 fully saturated rings. The molecule has 0 amide bonds. The standard InChI is InChI=1S/C6H2O10.2Zn/c7-1(8)3(11)15-5(13)6(14)16-4(12)2(9)10;;/h(H,7,8)(H,9,10);;. The zero-order valence-electron chi connectivity index (χ0n) is 8.57. The van der Waals surface area contributed by atoms with Gasteiger partial charge >= 0.3 is 35.8 Å². The molecule has 90 valence electrons. The third-order valence-corrected chi connectivity index (χ3v) is 0.887. The first-order chi connectivity index (χ1) is 7.25. The summed E-state index contributed by atoms with van der Waals surface area (Å²) in [5.41, 5.74) is 0. The molecular formula is C6H2O10Zn2. The number of hydrogen-bond donors (Lipinski definition) is 2. The van der Waals surface area contributed by atoms with Gasteiger partial charge in [0.05, 0.1) is 0 Å². The first-order valence-corrected chi connectivity index (χ1v) is 3.24. The van der Waals surface area contributed by atoms with Gasteiger partial charge in [-0.05, 0) is 0 Å². The van der Waals surface area contributed by atoms with Gasteiger partial charge in [-0.1, -0.05) is 0 Å². The van der Waals surface area contributed by atoms with E-state index in [0.29, 0.717) is 0 Å². The van der Waals surface area contributed by atoms with Crippen LogP contribution >= 0.6 is 0 Å². The van der Waals surface area contributed by atoms with Gasteiger partial charge in [-0.15, -0.1) is 0 Å². The van der Waals surface area contributed by atoms with Crippen LogP contribution in [0.5, 0.6) is 0 Å². The van der Waals surface area contributed by atoms with E-state index >= 15 is 0 Å². The smallest absolute Gasteiger partial charge is 0.426 e. The number of aliphatic carboxylic acids is 2. The van der Waals surface area contributed by atoms with Gasteiger partial charge in [-0.2, -0.15) is 0 Å². The molecule has 0 radical (unpaired) electrons. The van der Waals surface area contributed by atoms with Crippen molar-refractivity contribution in [2.75, 3.05) is 0 Å². The maximum atomic E-state index is 10.5. The summed E-state index contributed by atoms with van der Waals surface area (Å²) in [6, 6.07) is 0. The van der Waals surface area contributed by atoms with Crippen LogP contribution in [-0.2, 0) is 77.2 Å². The Bertz CT molecular complexity index is 361. The fourth-order valence-corrected chi connectivity index (χ4v) is 0.339. The van der Waals surface area contributed by atoms with Crippen LogP contribution < -0.4 is 0 Å². The topological polar surface area (TPSA) is 161 Å². The van der Waals surface area contributed by atoms with E-state index in [2.05, 4.69) is 9.47 Å². The second kappa shape index (κ2) is 9.49. The van der Waals surface area contributed by atoms with Gasteiger partial charge in [0.15, 0.2) is 0 Å². The molecule has 0 aromatic heterocycles. The first kappa shape index (κ1) is 21.7. The minimum Gasteiger partial charge on any atom is -0.473 e. The van der Waals surface area contributed by atoms with E-state index < -0.39 is 35.8 Å². The molecule has 0 rings (SSSR count). The predicted molar refractivity (Wildman–Crippen MR) is 37.5 cm³/mol. The van der Waals surface area contributed by atoms with E-state index in [1.54, 1.807) is 0 Å². The van der Waals surface area contributed by atoms with Gasteiger partial charge < -0.3 is 19.7 Å². The summed E-state index contributed by atoms with van der Waals surface area (Å²) >= 11 is 0. The van der Waals surface area contributed by atoms with Crippen LogP contribution in [0.15, 0.2) is 0 Å². The Kier molecular flexibility index (Phi) is 11.5. The van der Waals surface area contributed by atoms with Crippen molar-refractivity contribution < 1.29 is 87.4 Å². The number of rotatable bonds is 0. The Morgan fingerprint density at radius 3 is 0.944 bits per heavy atom. The molecule has 0 saturated heterocycles. The van der Waals surface area contributed by atoms with E-state index in [0.717, 1.165) is 0 Å². The van der Waals surface area contributed by atoms with Crippen molar-refractivity contribution in [2.24, 2.45) is 0 Å². The van der Waals surface area contributed by atoms with Crippen LogP contribution in [0.2, 0.25) is 0 Å². The molecule has 0 aliphatic heterocycles. The molecule has 0 aliphatic carbocycles. The first-order valence-electron chi connectivity index (χ1n) is 3.24. The van der Waals surface area contributed by atoms with Gasteiger partial charge in [0.1, 0.15) is 0 Å². The van der Waals surface area contributed by atoms with Gasteiger partial charge in [0.2, 0.25) is 0 Å². The molecule has 0 atom stereocenters. The molecule has 12 heteroatoms. The summed E-state index contributed by atoms with van der Waals surface area (Å²) in [4.78, 5) is 61.1. The summed E-state index contributed by atoms with van der Waals surface area (Å²) in [5, 5.41) is 15.9. The predicted octanol–water partition coefficient (Wildman–Crippen LogP) is -2.71. The number of hydrogen-bond acceptors (Lipinski definition) is 8. The molecule has 0 heterocycles. The van der Waals surface area contributed by atoms with Crippen molar-refractivity contribution >= 4 is 35.8 Å². The second-order valence-electron chi connectivity index (χ2n) is 1.96. The largest absolute Gasteiger partial charge is 0.473 e. The number of esters is 4. The number of carbonyl (C=O) groups excluding carboxylic acids is 4. The summed E-state index contributed by atoms with van der Waals surface area (Å²) in [6.07, 6.45) is 0. The van der Waals surface area contributed by atoms with Crippen LogP contribution in [0.3, 0.4) is 0 Å². The summed E-state index contributed by atoms with van der Waals surface area (Å²) in [5.74, 6) is -12.7. The summed E-state index contributed by atoms with van der Waals surface area (Å²) in [7, 11) is 0. The van der Waals surface area contributed by atoms with Crippen molar-refractivity contribution in [3.63, 3.8) is 0 Å². The molecule has 0 aromatic rings. The van der Waals surface area contributed by atoms with Crippen molar-refractivity contribution in [1.29, 1.82) is 0 Å². The summed E-state index contributed by atoms with van der Waals surface area (Å²) < 4.78 is 6.71. The van der Waals surface area contributed by atoms with Crippen LogP contribution in [0.4, 0.5) is 0 Å².